The summed E-state index contributed by atoms with van der Waals surface area (Å²) >= 11 is 0. The Morgan fingerprint density at radius 3 is 2.56 bits per heavy atom. The molecule has 0 bridgehead atoms. The molecule has 9 heteroatoms. The topological polar surface area (TPSA) is 85.9 Å². The Bertz CT molecular complexity index is 845. The predicted octanol–water partition coefficient (Wildman–Crippen LogP) is 3.26. The van der Waals surface area contributed by atoms with Crippen molar-refractivity contribution < 1.29 is 32.6 Å². The third-order valence-electron chi connectivity index (χ3n) is 3.61. The number of anilines is 1. The zero-order chi connectivity index (χ0) is 19.4. The van der Waals surface area contributed by atoms with Crippen LogP contribution in [-0.4, -0.2) is 24.3 Å². The molecule has 2 amide bonds. The lowest BCUT2D eigenvalue weighted by molar-refractivity contribution is -0.286. The molecule has 1 aliphatic heterocycles. The molecule has 2 aromatic carbocycles. The molecule has 1 heterocycles. The lowest BCUT2D eigenvalue weighted by Crippen LogP contribution is -2.41. The highest BCUT2D eigenvalue weighted by Gasteiger charge is 2.43. The quantitative estimate of drug-likeness (QED) is 0.834. The molecule has 0 unspecified atom stereocenters. The summed E-state index contributed by atoms with van der Waals surface area (Å²) in [6, 6.07) is 12.0. The summed E-state index contributed by atoms with van der Waals surface area (Å²) in [7, 11) is 0. The fraction of sp³-hybridized carbons (Fsp3) is 0.222. The van der Waals surface area contributed by atoms with E-state index < -0.39 is 24.3 Å². The first-order chi connectivity index (χ1) is 12.8. The van der Waals surface area contributed by atoms with Crippen molar-refractivity contribution in [2.75, 3.05) is 5.32 Å². The molecule has 0 fully saturated rings. The monoisotopic (exact) mass is 378 g/mol. The van der Waals surface area contributed by atoms with Crippen molar-refractivity contribution in [2.24, 2.45) is 0 Å². The van der Waals surface area contributed by atoms with E-state index in [-0.39, 0.29) is 23.8 Å². The maximum absolute atomic E-state index is 13.0. The highest BCUT2D eigenvalue weighted by molar-refractivity contribution is 5.96. The maximum atomic E-state index is 13.0. The first-order valence-electron chi connectivity index (χ1n) is 8.00. The third kappa shape index (κ3) is 4.84. The van der Waals surface area contributed by atoms with Gasteiger partial charge in [-0.05, 0) is 24.6 Å². The Labute approximate surface area is 153 Å². The molecular formula is C18H16F2N2O5. The average Bonchev–Trinajstić information content (AvgIpc) is 2.94. The predicted molar refractivity (Wildman–Crippen MR) is 90.5 cm³/mol. The second-order valence-electron chi connectivity index (χ2n) is 5.75. The normalized spacial score (nSPS) is 14.9. The van der Waals surface area contributed by atoms with Gasteiger partial charge in [-0.1, -0.05) is 30.3 Å². The molecule has 27 heavy (non-hydrogen) atoms. The lowest BCUT2D eigenvalue weighted by Gasteiger charge is -2.14. The fourth-order valence-corrected chi connectivity index (χ4v) is 2.28. The molecule has 2 aromatic rings. The van der Waals surface area contributed by atoms with Gasteiger partial charge in [-0.25, -0.2) is 4.79 Å². The maximum Gasteiger partial charge on any atom is 0.586 e. The van der Waals surface area contributed by atoms with E-state index in [0.29, 0.717) is 0 Å². The zero-order valence-electron chi connectivity index (χ0n) is 14.2. The number of benzene rings is 2. The van der Waals surface area contributed by atoms with Gasteiger partial charge in [0.15, 0.2) is 11.5 Å². The standard InChI is InChI=1S/C18H16F2N2O5/c1-11(21-17(24)25-10-12-5-3-2-4-6-12)16(23)22-13-7-8-14-15(9-13)27-18(19,20)26-14/h2-9,11H,10H2,1H3,(H,21,24)(H,22,23)/t11-/m0/s1. The average molecular weight is 378 g/mol. The Hall–Kier alpha value is -3.36. The number of hydrogen-bond donors (Lipinski definition) is 2. The number of carbonyl (C=O) groups excluding carboxylic acids is 2. The number of amides is 2. The van der Waals surface area contributed by atoms with Gasteiger partial charge in [0, 0.05) is 11.8 Å². The van der Waals surface area contributed by atoms with E-state index in [0.717, 1.165) is 5.56 Å². The molecule has 0 aliphatic carbocycles. The van der Waals surface area contributed by atoms with E-state index in [9.17, 15) is 18.4 Å². The summed E-state index contributed by atoms with van der Waals surface area (Å²) in [5.41, 5.74) is 1.02. The Kier molecular flexibility index (Phi) is 5.11. The highest BCUT2D eigenvalue weighted by atomic mass is 19.3. The van der Waals surface area contributed by atoms with Gasteiger partial charge in [0.25, 0.3) is 0 Å². The van der Waals surface area contributed by atoms with Gasteiger partial charge < -0.3 is 24.8 Å². The minimum absolute atomic E-state index is 0.0669. The van der Waals surface area contributed by atoms with Crippen molar-refractivity contribution in [3.63, 3.8) is 0 Å². The number of alkyl carbamates (subject to hydrolysis) is 1. The van der Waals surface area contributed by atoms with Crippen molar-refractivity contribution in [3.05, 3.63) is 54.1 Å². The van der Waals surface area contributed by atoms with Crippen LogP contribution in [0.5, 0.6) is 11.5 Å². The number of carbonyl (C=O) groups is 2. The first-order valence-corrected chi connectivity index (χ1v) is 8.00. The molecule has 3 rings (SSSR count). The summed E-state index contributed by atoms with van der Waals surface area (Å²) < 4.78 is 39.6. The molecule has 0 saturated carbocycles. The first kappa shape index (κ1) is 18.4. The van der Waals surface area contributed by atoms with E-state index in [4.69, 9.17) is 4.74 Å². The number of halogens is 2. The lowest BCUT2D eigenvalue weighted by atomic mass is 10.2. The van der Waals surface area contributed by atoms with Crippen molar-refractivity contribution in [1.82, 2.24) is 5.32 Å². The summed E-state index contributed by atoms with van der Waals surface area (Å²) in [6.45, 7) is 1.53. The largest absolute Gasteiger partial charge is 0.586 e. The minimum Gasteiger partial charge on any atom is -0.445 e. The Balaban J connectivity index is 1.50. The second-order valence-corrected chi connectivity index (χ2v) is 5.75. The number of alkyl halides is 2. The van der Waals surface area contributed by atoms with Gasteiger partial charge in [0.2, 0.25) is 5.91 Å². The Morgan fingerprint density at radius 1 is 1.11 bits per heavy atom. The van der Waals surface area contributed by atoms with Crippen molar-refractivity contribution in [1.29, 1.82) is 0 Å². The summed E-state index contributed by atoms with van der Waals surface area (Å²) in [6.07, 6.45) is -4.49. The fourth-order valence-electron chi connectivity index (χ4n) is 2.28. The molecule has 2 N–H and O–H groups in total. The van der Waals surface area contributed by atoms with Gasteiger partial charge in [0.05, 0.1) is 0 Å². The molecule has 0 saturated heterocycles. The molecule has 7 nitrogen and oxygen atoms in total. The van der Waals surface area contributed by atoms with Gasteiger partial charge in [-0.2, -0.15) is 0 Å². The SMILES string of the molecule is C[C@H](NC(=O)OCc1ccccc1)C(=O)Nc1ccc2c(c1)OC(F)(F)O2. The van der Waals surface area contributed by atoms with Gasteiger partial charge in [-0.15, -0.1) is 8.78 Å². The van der Waals surface area contributed by atoms with Crippen molar-refractivity contribution >= 4 is 17.7 Å². The van der Waals surface area contributed by atoms with Crippen molar-refractivity contribution in [3.8, 4) is 11.5 Å². The minimum atomic E-state index is -3.73. The molecule has 1 atom stereocenters. The van der Waals surface area contributed by atoms with Crippen LogP contribution in [0.3, 0.4) is 0 Å². The van der Waals surface area contributed by atoms with Crippen LogP contribution in [0.2, 0.25) is 0 Å². The smallest absolute Gasteiger partial charge is 0.445 e. The van der Waals surface area contributed by atoms with Gasteiger partial charge in [0.1, 0.15) is 12.6 Å². The van der Waals surface area contributed by atoms with Crippen LogP contribution in [0, 0.1) is 0 Å². The van der Waals surface area contributed by atoms with E-state index in [1.165, 1.54) is 25.1 Å². The molecular weight excluding hydrogens is 362 g/mol. The van der Waals surface area contributed by atoms with Crippen LogP contribution < -0.4 is 20.1 Å². The van der Waals surface area contributed by atoms with Crippen LogP contribution in [0.25, 0.3) is 0 Å². The molecule has 0 radical (unpaired) electrons. The highest BCUT2D eigenvalue weighted by Crippen LogP contribution is 2.42. The molecule has 0 aromatic heterocycles. The third-order valence-corrected chi connectivity index (χ3v) is 3.61. The molecule has 1 aliphatic rings. The zero-order valence-corrected chi connectivity index (χ0v) is 14.2. The Morgan fingerprint density at radius 2 is 1.81 bits per heavy atom. The van der Waals surface area contributed by atoms with Crippen LogP contribution in [0.1, 0.15) is 12.5 Å². The van der Waals surface area contributed by atoms with Gasteiger partial charge in [-0.3, -0.25) is 4.79 Å². The number of nitrogens with one attached hydrogen (secondary N) is 2. The molecule has 0 spiro atoms. The number of ether oxygens (including phenoxy) is 3. The molecule has 142 valence electrons. The van der Waals surface area contributed by atoms with E-state index in [1.54, 1.807) is 12.1 Å². The number of hydrogen-bond acceptors (Lipinski definition) is 5. The van der Waals surface area contributed by atoms with Crippen LogP contribution in [0.4, 0.5) is 19.3 Å². The van der Waals surface area contributed by atoms with Crippen LogP contribution in [-0.2, 0) is 16.1 Å². The summed E-state index contributed by atoms with van der Waals surface area (Å²) in [4.78, 5) is 23.9. The number of fused-ring (bicyclic) bond motifs is 1. The van der Waals surface area contributed by atoms with E-state index in [1.807, 2.05) is 18.2 Å². The van der Waals surface area contributed by atoms with Crippen LogP contribution >= 0.6 is 0 Å². The second kappa shape index (κ2) is 7.48. The summed E-state index contributed by atoms with van der Waals surface area (Å²) in [5.74, 6) is -0.883. The van der Waals surface area contributed by atoms with E-state index >= 15 is 0 Å². The summed E-state index contributed by atoms with van der Waals surface area (Å²) in [5, 5.41) is 4.87. The van der Waals surface area contributed by atoms with Crippen LogP contribution in [0.15, 0.2) is 48.5 Å². The van der Waals surface area contributed by atoms with E-state index in [2.05, 4.69) is 20.1 Å². The van der Waals surface area contributed by atoms with Gasteiger partial charge >= 0.3 is 12.4 Å². The van der Waals surface area contributed by atoms with Crippen molar-refractivity contribution in [2.45, 2.75) is 25.9 Å². The number of rotatable bonds is 5.